The number of hydrogen-bond donors (Lipinski definition) is 2. The molecular weight excluding hydrogens is 260 g/mol. The molecule has 0 bridgehead atoms. The lowest BCUT2D eigenvalue weighted by atomic mass is 9.94. The van der Waals surface area contributed by atoms with E-state index in [9.17, 15) is 0 Å². The van der Waals surface area contributed by atoms with Gasteiger partial charge in [-0.2, -0.15) is 0 Å². The second-order valence-corrected chi connectivity index (χ2v) is 5.51. The van der Waals surface area contributed by atoms with Crippen LogP contribution in [0.4, 0.5) is 10.9 Å². The first-order valence-electron chi connectivity index (χ1n) is 6.45. The minimum atomic E-state index is 0.679. The fourth-order valence-corrected chi connectivity index (χ4v) is 2.76. The summed E-state index contributed by atoms with van der Waals surface area (Å²) in [5.74, 6) is 1.46. The molecule has 0 spiro atoms. The molecule has 0 unspecified atom stereocenters. The number of hydrogen-bond acceptors (Lipinski definition) is 7. The van der Waals surface area contributed by atoms with Crippen LogP contribution >= 0.6 is 11.3 Å². The molecule has 1 aliphatic heterocycles. The Balaban J connectivity index is 1.65. The van der Waals surface area contributed by atoms with E-state index in [1.165, 1.54) is 24.2 Å². The van der Waals surface area contributed by atoms with Gasteiger partial charge in [-0.1, -0.05) is 11.3 Å². The summed E-state index contributed by atoms with van der Waals surface area (Å²) in [6, 6.07) is 2.00. The molecule has 19 heavy (non-hydrogen) atoms. The molecule has 3 heterocycles. The van der Waals surface area contributed by atoms with E-state index < -0.39 is 0 Å². The zero-order valence-corrected chi connectivity index (χ0v) is 11.4. The minimum absolute atomic E-state index is 0.679. The highest BCUT2D eigenvalue weighted by Gasteiger charge is 2.14. The number of piperidine rings is 1. The predicted octanol–water partition coefficient (Wildman–Crippen LogP) is 1.61. The lowest BCUT2D eigenvalue weighted by Gasteiger charge is -2.22. The predicted molar refractivity (Wildman–Crippen MR) is 74.5 cm³/mol. The number of nitrogens with one attached hydrogen (secondary N) is 2. The van der Waals surface area contributed by atoms with Crippen LogP contribution in [0.1, 0.15) is 18.5 Å². The molecule has 0 aliphatic carbocycles. The Morgan fingerprint density at radius 3 is 3.21 bits per heavy atom. The average Bonchev–Trinajstić information content (AvgIpc) is 2.93. The van der Waals surface area contributed by atoms with Crippen molar-refractivity contribution in [3.05, 3.63) is 23.6 Å². The average molecular weight is 276 g/mol. The van der Waals surface area contributed by atoms with Crippen molar-refractivity contribution >= 4 is 22.3 Å². The largest absolute Gasteiger partial charge is 0.316 e. The molecule has 6 nitrogen and oxygen atoms in total. The first-order chi connectivity index (χ1) is 9.40. The van der Waals surface area contributed by atoms with Crippen LogP contribution in [-0.4, -0.2) is 33.3 Å². The fourth-order valence-electron chi connectivity index (χ4n) is 2.31. The van der Waals surface area contributed by atoms with Gasteiger partial charge in [0.05, 0.1) is 0 Å². The van der Waals surface area contributed by atoms with Gasteiger partial charge in [0.15, 0.2) is 0 Å². The summed E-state index contributed by atoms with van der Waals surface area (Å²) in [4.78, 5) is 8.56. The minimum Gasteiger partial charge on any atom is -0.316 e. The highest BCUT2D eigenvalue weighted by Crippen LogP contribution is 2.19. The first-order valence-corrected chi connectivity index (χ1v) is 7.33. The highest BCUT2D eigenvalue weighted by atomic mass is 32.1. The number of aromatic nitrogens is 4. The van der Waals surface area contributed by atoms with E-state index in [1.54, 1.807) is 11.8 Å². The van der Waals surface area contributed by atoms with Crippen molar-refractivity contribution < 1.29 is 0 Å². The van der Waals surface area contributed by atoms with Gasteiger partial charge in [0.2, 0.25) is 5.13 Å². The molecule has 100 valence electrons. The van der Waals surface area contributed by atoms with E-state index in [0.717, 1.165) is 36.2 Å². The van der Waals surface area contributed by atoms with Gasteiger partial charge in [0.25, 0.3) is 0 Å². The van der Waals surface area contributed by atoms with Crippen LogP contribution in [-0.2, 0) is 6.42 Å². The van der Waals surface area contributed by atoms with E-state index in [0.29, 0.717) is 5.92 Å². The van der Waals surface area contributed by atoms with Crippen LogP contribution in [0.5, 0.6) is 0 Å². The molecule has 1 atom stereocenters. The lowest BCUT2D eigenvalue weighted by Crippen LogP contribution is -2.31. The topological polar surface area (TPSA) is 75.6 Å². The van der Waals surface area contributed by atoms with Gasteiger partial charge in [-0.25, -0.2) is 9.97 Å². The molecule has 2 aromatic heterocycles. The Bertz CT molecular complexity index is 509. The zero-order chi connectivity index (χ0) is 12.9. The fraction of sp³-hybridized carbons (Fsp3) is 0.500. The van der Waals surface area contributed by atoms with E-state index in [1.807, 2.05) is 6.07 Å². The Kier molecular flexibility index (Phi) is 3.95. The van der Waals surface area contributed by atoms with Crippen LogP contribution < -0.4 is 10.6 Å². The van der Waals surface area contributed by atoms with Gasteiger partial charge in [0, 0.05) is 11.8 Å². The Hall–Kier alpha value is -1.60. The second-order valence-electron chi connectivity index (χ2n) is 4.68. The third-order valence-electron chi connectivity index (χ3n) is 3.22. The van der Waals surface area contributed by atoms with Crippen molar-refractivity contribution in [3.63, 3.8) is 0 Å². The summed E-state index contributed by atoms with van der Waals surface area (Å²) in [7, 11) is 0. The maximum absolute atomic E-state index is 4.35. The Labute approximate surface area is 115 Å². The van der Waals surface area contributed by atoms with Crippen molar-refractivity contribution in [1.82, 2.24) is 25.5 Å². The van der Waals surface area contributed by atoms with Crippen LogP contribution in [0.2, 0.25) is 0 Å². The number of anilines is 2. The summed E-state index contributed by atoms with van der Waals surface area (Å²) >= 11 is 1.46. The molecule has 7 heteroatoms. The molecule has 1 saturated heterocycles. The molecule has 1 aliphatic rings. The van der Waals surface area contributed by atoms with Crippen molar-refractivity contribution in [2.45, 2.75) is 19.3 Å². The normalized spacial score (nSPS) is 19.3. The second kappa shape index (κ2) is 6.03. The van der Waals surface area contributed by atoms with Gasteiger partial charge in [-0.15, -0.1) is 10.2 Å². The third-order valence-corrected chi connectivity index (χ3v) is 3.82. The number of nitrogens with zero attached hydrogens (tertiary/aromatic N) is 4. The van der Waals surface area contributed by atoms with Crippen molar-refractivity contribution in [1.29, 1.82) is 0 Å². The number of rotatable bonds is 4. The van der Waals surface area contributed by atoms with Crippen molar-refractivity contribution in [2.24, 2.45) is 5.92 Å². The SMILES string of the molecule is c1nc(C[C@@H]2CCCNC2)cc(Nc2nncs2)n1. The van der Waals surface area contributed by atoms with Crippen LogP contribution in [0.25, 0.3) is 0 Å². The van der Waals surface area contributed by atoms with Gasteiger partial charge in [-0.05, 0) is 38.3 Å². The maximum Gasteiger partial charge on any atom is 0.210 e. The first kappa shape index (κ1) is 12.4. The summed E-state index contributed by atoms with van der Waals surface area (Å²) in [5.41, 5.74) is 2.77. The third kappa shape index (κ3) is 3.45. The van der Waals surface area contributed by atoms with E-state index >= 15 is 0 Å². The molecule has 1 fully saturated rings. The molecule has 2 aromatic rings. The quantitative estimate of drug-likeness (QED) is 0.883. The van der Waals surface area contributed by atoms with Gasteiger partial charge >= 0.3 is 0 Å². The maximum atomic E-state index is 4.35. The summed E-state index contributed by atoms with van der Waals surface area (Å²) < 4.78 is 0. The lowest BCUT2D eigenvalue weighted by molar-refractivity contribution is 0.373. The molecule has 0 radical (unpaired) electrons. The van der Waals surface area contributed by atoms with Crippen LogP contribution in [0, 0.1) is 5.92 Å². The van der Waals surface area contributed by atoms with E-state index in [4.69, 9.17) is 0 Å². The molecule has 3 rings (SSSR count). The molecule has 2 N–H and O–H groups in total. The van der Waals surface area contributed by atoms with E-state index in [2.05, 4.69) is 30.8 Å². The Morgan fingerprint density at radius 1 is 1.42 bits per heavy atom. The molecule has 0 amide bonds. The standard InChI is InChI=1S/C12H16N6S/c1-2-9(6-13-3-1)4-10-5-11(15-7-14-10)17-12-18-16-8-19-12/h5,7-9,13H,1-4,6H2,(H,14,15,17,18)/t9-/m0/s1. The molecular formula is C12H16N6S. The van der Waals surface area contributed by atoms with Gasteiger partial charge in [-0.3, -0.25) is 0 Å². The Morgan fingerprint density at radius 2 is 2.42 bits per heavy atom. The zero-order valence-electron chi connectivity index (χ0n) is 10.5. The molecule has 0 aromatic carbocycles. The highest BCUT2D eigenvalue weighted by molar-refractivity contribution is 7.13. The summed E-state index contributed by atoms with van der Waals surface area (Å²) in [6.07, 6.45) is 5.14. The van der Waals surface area contributed by atoms with Crippen molar-refractivity contribution in [3.8, 4) is 0 Å². The van der Waals surface area contributed by atoms with Crippen LogP contribution in [0.15, 0.2) is 17.9 Å². The van der Waals surface area contributed by atoms with Crippen LogP contribution in [0.3, 0.4) is 0 Å². The van der Waals surface area contributed by atoms with E-state index in [-0.39, 0.29) is 0 Å². The summed E-state index contributed by atoms with van der Waals surface area (Å²) in [6.45, 7) is 2.23. The van der Waals surface area contributed by atoms with Gasteiger partial charge < -0.3 is 10.6 Å². The van der Waals surface area contributed by atoms with Crippen molar-refractivity contribution in [2.75, 3.05) is 18.4 Å². The molecule has 0 saturated carbocycles. The smallest absolute Gasteiger partial charge is 0.210 e. The monoisotopic (exact) mass is 276 g/mol. The van der Waals surface area contributed by atoms with Gasteiger partial charge in [0.1, 0.15) is 17.7 Å². The summed E-state index contributed by atoms with van der Waals surface area (Å²) in [5, 5.41) is 15.1.